The van der Waals surface area contributed by atoms with Crippen molar-refractivity contribution in [2.75, 3.05) is 19.4 Å². The molecule has 1 amide bonds. The quantitative estimate of drug-likeness (QED) is 0.844. The Balaban J connectivity index is 2.20. The van der Waals surface area contributed by atoms with Crippen molar-refractivity contribution in [3.8, 4) is 0 Å². The van der Waals surface area contributed by atoms with Crippen molar-refractivity contribution in [3.63, 3.8) is 0 Å². The van der Waals surface area contributed by atoms with Crippen molar-refractivity contribution in [1.82, 2.24) is 4.31 Å². The maximum Gasteiger partial charge on any atom is 0.248 e. The monoisotopic (exact) mass is 328 g/mol. The van der Waals surface area contributed by atoms with Gasteiger partial charge in [-0.15, -0.1) is 0 Å². The maximum absolute atomic E-state index is 12.1. The lowest BCUT2D eigenvalue weighted by Crippen LogP contribution is -2.22. The minimum atomic E-state index is -3.65. The molecular formula is C14H17ClN2O3S. The number of rotatable bonds is 5. The van der Waals surface area contributed by atoms with E-state index in [1.165, 1.54) is 32.3 Å². The molecule has 1 fully saturated rings. The Kier molecular flexibility index (Phi) is 4.70. The first-order valence-electron chi connectivity index (χ1n) is 6.52. The van der Waals surface area contributed by atoms with Crippen LogP contribution >= 0.6 is 11.6 Å². The Labute approximate surface area is 129 Å². The van der Waals surface area contributed by atoms with E-state index in [1.807, 2.05) is 6.08 Å². The normalized spacial score (nSPS) is 15.6. The number of hydrogen-bond donors (Lipinski definition) is 1. The summed E-state index contributed by atoms with van der Waals surface area (Å²) >= 11 is 5.94. The summed E-state index contributed by atoms with van der Waals surface area (Å²) in [6.45, 7) is 0. The van der Waals surface area contributed by atoms with Gasteiger partial charge in [-0.25, -0.2) is 12.7 Å². The molecule has 0 spiro atoms. The van der Waals surface area contributed by atoms with Gasteiger partial charge in [-0.1, -0.05) is 17.7 Å². The zero-order chi connectivity index (χ0) is 15.6. The lowest BCUT2D eigenvalue weighted by Gasteiger charge is -2.14. The molecule has 0 heterocycles. The van der Waals surface area contributed by atoms with E-state index in [2.05, 4.69) is 5.32 Å². The van der Waals surface area contributed by atoms with Gasteiger partial charge < -0.3 is 5.32 Å². The van der Waals surface area contributed by atoms with Crippen LogP contribution in [0.15, 0.2) is 35.2 Å². The highest BCUT2D eigenvalue weighted by Crippen LogP contribution is 2.30. The number of carbonyl (C=O) groups is 1. The molecule has 0 radical (unpaired) electrons. The lowest BCUT2D eigenvalue weighted by molar-refractivity contribution is -0.111. The van der Waals surface area contributed by atoms with Crippen molar-refractivity contribution in [2.24, 2.45) is 5.92 Å². The summed E-state index contributed by atoms with van der Waals surface area (Å²) in [5, 5.41) is 2.76. The molecule has 1 aliphatic rings. The van der Waals surface area contributed by atoms with Crippen molar-refractivity contribution >= 4 is 33.2 Å². The molecule has 0 unspecified atom stereocenters. The fourth-order valence-electron chi connectivity index (χ4n) is 1.67. The van der Waals surface area contributed by atoms with Gasteiger partial charge in [-0.3, -0.25) is 4.79 Å². The summed E-state index contributed by atoms with van der Waals surface area (Å²) in [5.74, 6) is 0.225. The van der Waals surface area contributed by atoms with Crippen LogP contribution in [-0.4, -0.2) is 32.7 Å². The summed E-state index contributed by atoms with van der Waals surface area (Å²) in [7, 11) is -0.798. The topological polar surface area (TPSA) is 66.5 Å². The molecule has 0 bridgehead atoms. The van der Waals surface area contributed by atoms with Crippen LogP contribution in [0.4, 0.5) is 5.69 Å². The third-order valence-corrected chi connectivity index (χ3v) is 5.40. The highest BCUT2D eigenvalue weighted by molar-refractivity contribution is 7.89. The van der Waals surface area contributed by atoms with Gasteiger partial charge in [0, 0.05) is 19.8 Å². The Morgan fingerprint density at radius 1 is 1.38 bits per heavy atom. The second kappa shape index (κ2) is 6.17. The van der Waals surface area contributed by atoms with E-state index in [-0.39, 0.29) is 15.8 Å². The fraction of sp³-hybridized carbons (Fsp3) is 0.357. The summed E-state index contributed by atoms with van der Waals surface area (Å²) in [5.41, 5.74) is 0.394. The van der Waals surface area contributed by atoms with Gasteiger partial charge in [0.15, 0.2) is 0 Å². The van der Waals surface area contributed by atoms with Gasteiger partial charge in [0.1, 0.15) is 4.90 Å². The average Bonchev–Trinajstić information content (AvgIpc) is 3.22. The van der Waals surface area contributed by atoms with E-state index in [0.29, 0.717) is 11.6 Å². The van der Waals surface area contributed by atoms with Crippen LogP contribution in [0.5, 0.6) is 0 Å². The fourth-order valence-corrected chi connectivity index (χ4v) is 3.07. The highest BCUT2D eigenvalue weighted by Gasteiger charge is 2.21. The van der Waals surface area contributed by atoms with Crippen LogP contribution in [0.2, 0.25) is 5.02 Å². The molecule has 0 saturated heterocycles. The minimum Gasteiger partial charge on any atom is -0.322 e. The summed E-state index contributed by atoms with van der Waals surface area (Å²) in [4.78, 5) is 11.7. The summed E-state index contributed by atoms with van der Waals surface area (Å²) in [6, 6.07) is 4.39. The SMILES string of the molecule is CN(C)S(=O)(=O)c1cc(NC(=O)C=CC2CC2)ccc1Cl. The first kappa shape index (κ1) is 16.0. The number of amides is 1. The van der Waals surface area contributed by atoms with E-state index in [1.54, 1.807) is 6.07 Å². The third-order valence-electron chi connectivity index (χ3n) is 3.10. The number of nitrogens with one attached hydrogen (secondary N) is 1. The molecule has 21 heavy (non-hydrogen) atoms. The van der Waals surface area contributed by atoms with Crippen LogP contribution in [0.3, 0.4) is 0 Å². The van der Waals surface area contributed by atoms with Crippen molar-refractivity contribution in [3.05, 3.63) is 35.4 Å². The van der Waals surface area contributed by atoms with Gasteiger partial charge in [-0.05, 0) is 43.0 Å². The van der Waals surface area contributed by atoms with E-state index in [9.17, 15) is 13.2 Å². The molecule has 114 valence electrons. The lowest BCUT2D eigenvalue weighted by atomic mass is 10.3. The second-order valence-electron chi connectivity index (χ2n) is 5.12. The van der Waals surface area contributed by atoms with Gasteiger partial charge in [0.25, 0.3) is 0 Å². The Morgan fingerprint density at radius 3 is 2.62 bits per heavy atom. The Morgan fingerprint density at radius 2 is 2.05 bits per heavy atom. The second-order valence-corrected chi connectivity index (χ2v) is 7.65. The number of anilines is 1. The van der Waals surface area contributed by atoms with E-state index >= 15 is 0 Å². The van der Waals surface area contributed by atoms with Gasteiger partial charge in [-0.2, -0.15) is 0 Å². The summed E-state index contributed by atoms with van der Waals surface area (Å²) < 4.78 is 25.3. The highest BCUT2D eigenvalue weighted by atomic mass is 35.5. The largest absolute Gasteiger partial charge is 0.322 e. The standard InChI is InChI=1S/C14H17ClN2O3S/c1-17(2)21(19,20)13-9-11(6-7-12(13)15)16-14(18)8-5-10-3-4-10/h5-10H,3-4H2,1-2H3,(H,16,18). The number of halogens is 1. The van der Waals surface area contributed by atoms with Gasteiger partial charge in [0.05, 0.1) is 5.02 Å². The predicted octanol–water partition coefficient (Wildman–Crippen LogP) is 2.50. The van der Waals surface area contributed by atoms with Crippen molar-refractivity contribution in [1.29, 1.82) is 0 Å². The number of nitrogens with zero attached hydrogens (tertiary/aromatic N) is 1. The molecule has 0 atom stereocenters. The van der Waals surface area contributed by atoms with Gasteiger partial charge in [0.2, 0.25) is 15.9 Å². The first-order valence-corrected chi connectivity index (χ1v) is 8.34. The number of hydrogen-bond acceptors (Lipinski definition) is 3. The summed E-state index contributed by atoms with van der Waals surface area (Å²) in [6.07, 6.45) is 5.58. The molecule has 0 aliphatic heterocycles. The molecule has 1 saturated carbocycles. The number of allylic oxidation sites excluding steroid dienone is 1. The van der Waals surface area contributed by atoms with Crippen molar-refractivity contribution < 1.29 is 13.2 Å². The molecule has 7 heteroatoms. The molecule has 0 aromatic heterocycles. The van der Waals surface area contributed by atoms with E-state index in [4.69, 9.17) is 11.6 Å². The molecular weight excluding hydrogens is 312 g/mol. The minimum absolute atomic E-state index is 0.0295. The zero-order valence-corrected chi connectivity index (χ0v) is 13.4. The number of carbonyl (C=O) groups excluding carboxylic acids is 1. The Hall–Kier alpha value is -1.37. The first-order chi connectivity index (χ1) is 9.80. The Bertz CT molecular complexity index is 679. The zero-order valence-electron chi connectivity index (χ0n) is 11.8. The molecule has 2 rings (SSSR count). The van der Waals surface area contributed by atoms with Gasteiger partial charge >= 0.3 is 0 Å². The maximum atomic E-state index is 12.1. The van der Waals surface area contributed by atoms with Crippen molar-refractivity contribution in [2.45, 2.75) is 17.7 Å². The van der Waals surface area contributed by atoms with Crippen LogP contribution in [0.25, 0.3) is 0 Å². The average molecular weight is 329 g/mol. The van der Waals surface area contributed by atoms with Crippen LogP contribution in [-0.2, 0) is 14.8 Å². The molecule has 1 aromatic carbocycles. The molecule has 1 aromatic rings. The third kappa shape index (κ3) is 4.06. The van der Waals surface area contributed by atoms with Crippen LogP contribution < -0.4 is 5.32 Å². The van der Waals surface area contributed by atoms with Crippen LogP contribution in [0.1, 0.15) is 12.8 Å². The van der Waals surface area contributed by atoms with E-state index in [0.717, 1.165) is 17.1 Å². The van der Waals surface area contributed by atoms with E-state index < -0.39 is 10.0 Å². The predicted molar refractivity (Wildman–Crippen MR) is 82.8 cm³/mol. The number of sulfonamides is 1. The molecule has 5 nitrogen and oxygen atoms in total. The molecule has 1 N–H and O–H groups in total. The molecule has 1 aliphatic carbocycles. The number of benzene rings is 1. The van der Waals surface area contributed by atoms with Crippen LogP contribution in [0, 0.1) is 5.92 Å². The smallest absolute Gasteiger partial charge is 0.248 e.